The fourth-order valence-corrected chi connectivity index (χ4v) is 2.70. The summed E-state index contributed by atoms with van der Waals surface area (Å²) in [5, 5.41) is 3.50. The smallest absolute Gasteiger partial charge is 0.129 e. The third kappa shape index (κ3) is 3.78. The minimum absolute atomic E-state index is 0.0178. The third-order valence-corrected chi connectivity index (χ3v) is 4.23. The molecule has 1 N–H and O–H groups in total. The van der Waals surface area contributed by atoms with E-state index in [2.05, 4.69) is 33.0 Å². The van der Waals surface area contributed by atoms with Crippen molar-refractivity contribution in [1.82, 2.24) is 5.32 Å². The van der Waals surface area contributed by atoms with Crippen LogP contribution in [0.1, 0.15) is 46.1 Å². The van der Waals surface area contributed by atoms with Crippen molar-refractivity contribution < 1.29 is 8.78 Å². The maximum absolute atomic E-state index is 13.9. The number of rotatable bonds is 5. The maximum atomic E-state index is 13.9. The highest BCUT2D eigenvalue weighted by atomic mass is 19.1. The number of nitrogens with one attached hydrogen (secondary N) is 1. The molecular formula is C17H25F2N. The summed E-state index contributed by atoms with van der Waals surface area (Å²) in [5.41, 5.74) is 0.165. The zero-order chi connectivity index (χ0) is 15.0. The van der Waals surface area contributed by atoms with Crippen molar-refractivity contribution in [3.63, 3.8) is 0 Å². The summed E-state index contributed by atoms with van der Waals surface area (Å²) in [6, 6.07) is 4.13. The van der Waals surface area contributed by atoms with E-state index < -0.39 is 11.6 Å². The lowest BCUT2D eigenvalue weighted by Crippen LogP contribution is -2.44. The molecule has 0 aliphatic heterocycles. The van der Waals surface area contributed by atoms with Crippen molar-refractivity contribution in [2.45, 2.75) is 52.5 Å². The Morgan fingerprint density at radius 2 is 1.65 bits per heavy atom. The molecule has 1 fully saturated rings. The van der Waals surface area contributed by atoms with E-state index >= 15 is 0 Å². The molecule has 1 atom stereocenters. The molecule has 0 heterocycles. The molecular weight excluding hydrogens is 256 g/mol. The van der Waals surface area contributed by atoms with Crippen LogP contribution in [0, 0.1) is 23.0 Å². The molecule has 0 bridgehead atoms. The molecule has 1 unspecified atom stereocenters. The molecule has 0 amide bonds. The van der Waals surface area contributed by atoms with Crippen molar-refractivity contribution in [1.29, 1.82) is 0 Å². The van der Waals surface area contributed by atoms with E-state index in [1.807, 2.05) is 0 Å². The summed E-state index contributed by atoms with van der Waals surface area (Å²) >= 11 is 0. The summed E-state index contributed by atoms with van der Waals surface area (Å²) in [4.78, 5) is 0. The molecule has 0 radical (unpaired) electrons. The van der Waals surface area contributed by atoms with Crippen LogP contribution in [0.25, 0.3) is 0 Å². The van der Waals surface area contributed by atoms with Gasteiger partial charge in [0.25, 0.3) is 0 Å². The van der Waals surface area contributed by atoms with Crippen molar-refractivity contribution >= 4 is 0 Å². The fraction of sp³-hybridized carbons (Fsp3) is 0.647. The van der Waals surface area contributed by atoms with Crippen molar-refractivity contribution in [3.8, 4) is 0 Å². The van der Waals surface area contributed by atoms with E-state index in [0.29, 0.717) is 12.3 Å². The first kappa shape index (κ1) is 15.4. The molecule has 0 aromatic heterocycles. The topological polar surface area (TPSA) is 12.0 Å². The van der Waals surface area contributed by atoms with E-state index in [1.54, 1.807) is 0 Å². The van der Waals surface area contributed by atoms with Gasteiger partial charge in [-0.2, -0.15) is 0 Å². The van der Waals surface area contributed by atoms with Crippen LogP contribution in [-0.4, -0.2) is 12.1 Å². The Balaban J connectivity index is 2.17. The van der Waals surface area contributed by atoms with E-state index in [-0.39, 0.29) is 16.5 Å². The first-order valence-electron chi connectivity index (χ1n) is 7.39. The Morgan fingerprint density at radius 3 is 2.10 bits per heavy atom. The van der Waals surface area contributed by atoms with Crippen molar-refractivity contribution in [2.75, 3.05) is 6.54 Å². The largest absolute Gasteiger partial charge is 0.312 e. The molecule has 0 spiro atoms. The molecule has 1 saturated carbocycles. The van der Waals surface area contributed by atoms with Gasteiger partial charge in [0.15, 0.2) is 0 Å². The van der Waals surface area contributed by atoms with E-state index in [1.165, 1.54) is 31.0 Å². The number of benzene rings is 1. The van der Waals surface area contributed by atoms with Gasteiger partial charge in [0.1, 0.15) is 11.6 Å². The molecule has 1 aromatic rings. The van der Waals surface area contributed by atoms with Crippen LogP contribution in [-0.2, 0) is 6.42 Å². The van der Waals surface area contributed by atoms with Gasteiger partial charge in [-0.3, -0.25) is 0 Å². The zero-order valence-electron chi connectivity index (χ0n) is 12.9. The normalized spacial score (nSPS) is 18.9. The molecule has 1 aliphatic carbocycles. The molecule has 20 heavy (non-hydrogen) atoms. The second kappa shape index (κ2) is 5.44. The van der Waals surface area contributed by atoms with Gasteiger partial charge in [-0.05, 0) is 63.5 Å². The molecule has 1 aromatic carbocycles. The van der Waals surface area contributed by atoms with Gasteiger partial charge in [0, 0.05) is 17.6 Å². The van der Waals surface area contributed by atoms with Crippen LogP contribution in [0.5, 0.6) is 0 Å². The van der Waals surface area contributed by atoms with Gasteiger partial charge in [-0.1, -0.05) is 13.0 Å². The van der Waals surface area contributed by atoms with Gasteiger partial charge < -0.3 is 5.32 Å². The average molecular weight is 281 g/mol. The highest BCUT2D eigenvalue weighted by Crippen LogP contribution is 2.47. The summed E-state index contributed by atoms with van der Waals surface area (Å²) in [6.07, 6.45) is 2.79. The number of halogens is 2. The first-order valence-corrected chi connectivity index (χ1v) is 7.39. The Morgan fingerprint density at radius 1 is 1.10 bits per heavy atom. The predicted octanol–water partition coefficient (Wildman–Crippen LogP) is 4.31. The Hall–Kier alpha value is -0.960. The maximum Gasteiger partial charge on any atom is 0.129 e. The highest BCUT2D eigenvalue weighted by molar-refractivity contribution is 5.22. The van der Waals surface area contributed by atoms with Crippen molar-refractivity contribution in [3.05, 3.63) is 35.4 Å². The standard InChI is InChI=1S/C17H25F2N/c1-16(2,3)20-11-17(4,12-8-9-12)10-13-14(18)6-5-7-15(13)19/h5-7,12,20H,8-11H2,1-4H3. The minimum atomic E-state index is -0.423. The van der Waals surface area contributed by atoms with Gasteiger partial charge in [-0.25, -0.2) is 8.78 Å². The van der Waals surface area contributed by atoms with E-state index in [0.717, 1.165) is 6.54 Å². The van der Waals surface area contributed by atoms with Crippen LogP contribution in [0.4, 0.5) is 8.78 Å². The van der Waals surface area contributed by atoms with Crippen molar-refractivity contribution in [2.24, 2.45) is 11.3 Å². The highest BCUT2D eigenvalue weighted by Gasteiger charge is 2.42. The summed E-state index contributed by atoms with van der Waals surface area (Å²) < 4.78 is 27.8. The number of hydrogen-bond donors (Lipinski definition) is 1. The van der Waals surface area contributed by atoms with Crippen LogP contribution >= 0.6 is 0 Å². The van der Waals surface area contributed by atoms with Gasteiger partial charge in [0.2, 0.25) is 0 Å². The molecule has 1 aliphatic rings. The summed E-state index contributed by atoms with van der Waals surface area (Å²) in [7, 11) is 0. The van der Waals surface area contributed by atoms with Crippen LogP contribution < -0.4 is 5.32 Å². The quantitative estimate of drug-likeness (QED) is 0.848. The van der Waals surface area contributed by atoms with Crippen LogP contribution in [0.15, 0.2) is 18.2 Å². The lowest BCUT2D eigenvalue weighted by Gasteiger charge is -2.34. The Labute approximate surface area is 120 Å². The average Bonchev–Trinajstić information content (AvgIpc) is 3.15. The van der Waals surface area contributed by atoms with Gasteiger partial charge >= 0.3 is 0 Å². The number of hydrogen-bond acceptors (Lipinski definition) is 1. The third-order valence-electron chi connectivity index (χ3n) is 4.23. The van der Waals surface area contributed by atoms with E-state index in [4.69, 9.17) is 0 Å². The molecule has 0 saturated heterocycles. The molecule has 2 rings (SSSR count). The second-order valence-corrected chi connectivity index (χ2v) is 7.41. The predicted molar refractivity (Wildman–Crippen MR) is 78.6 cm³/mol. The second-order valence-electron chi connectivity index (χ2n) is 7.41. The van der Waals surface area contributed by atoms with Crippen LogP contribution in [0.2, 0.25) is 0 Å². The van der Waals surface area contributed by atoms with Gasteiger partial charge in [-0.15, -0.1) is 0 Å². The monoisotopic (exact) mass is 281 g/mol. The lowest BCUT2D eigenvalue weighted by atomic mass is 9.78. The fourth-order valence-electron chi connectivity index (χ4n) is 2.70. The molecule has 1 nitrogen and oxygen atoms in total. The molecule has 3 heteroatoms. The van der Waals surface area contributed by atoms with Crippen LogP contribution in [0.3, 0.4) is 0 Å². The van der Waals surface area contributed by atoms with Gasteiger partial charge in [0.05, 0.1) is 0 Å². The SMILES string of the molecule is CC(C)(C)NCC(C)(Cc1c(F)cccc1F)C1CC1. The zero-order valence-corrected chi connectivity index (χ0v) is 12.9. The molecule has 112 valence electrons. The van der Waals surface area contributed by atoms with E-state index in [9.17, 15) is 8.78 Å². The summed E-state index contributed by atoms with van der Waals surface area (Å²) in [6.45, 7) is 9.28. The first-order chi connectivity index (χ1) is 9.21. The summed E-state index contributed by atoms with van der Waals surface area (Å²) in [5.74, 6) is -0.281. The Bertz CT molecular complexity index is 454. The minimum Gasteiger partial charge on any atom is -0.312 e. The Kier molecular flexibility index (Phi) is 4.19. The lowest BCUT2D eigenvalue weighted by molar-refractivity contribution is 0.223.